The molecule has 0 spiro atoms. The zero-order valence-corrected chi connectivity index (χ0v) is 52.7. The first-order chi connectivity index (χ1) is 39.8. The van der Waals surface area contributed by atoms with Gasteiger partial charge in [-0.15, -0.1) is 0 Å². The molecule has 2 aliphatic heterocycles. The van der Waals surface area contributed by atoms with Gasteiger partial charge in [-0.05, 0) is 121 Å². The van der Waals surface area contributed by atoms with E-state index in [-0.39, 0.29) is 69.3 Å². The van der Waals surface area contributed by atoms with Crippen LogP contribution in [-0.4, -0.2) is 216 Å². The highest BCUT2D eigenvalue weighted by Gasteiger charge is 2.56. The molecule has 5 rings (SSSR count). The maximum absolute atomic E-state index is 15.3. The van der Waals surface area contributed by atoms with Crippen LogP contribution in [0.25, 0.3) is 0 Å². The van der Waals surface area contributed by atoms with Crippen LogP contribution in [-0.2, 0) is 65.2 Å². The quantitative estimate of drug-likeness (QED) is 0.114. The number of rotatable bonds is 26. The van der Waals surface area contributed by atoms with E-state index in [0.29, 0.717) is 57.1 Å². The van der Waals surface area contributed by atoms with Crippen molar-refractivity contribution < 1.29 is 70.5 Å². The molecule has 2 heterocycles. The lowest BCUT2D eigenvalue weighted by Crippen LogP contribution is -2.68. The zero-order chi connectivity index (χ0) is 63.6. The molecule has 85 heavy (non-hydrogen) atoms. The monoisotopic (exact) mass is 1200 g/mol. The number of methoxy groups -OCH3 is 1. The summed E-state index contributed by atoms with van der Waals surface area (Å²) in [5, 5.41) is 2.93. The fourth-order valence-electron chi connectivity index (χ4n) is 12.5. The van der Waals surface area contributed by atoms with Gasteiger partial charge in [0.05, 0.1) is 31.2 Å². The Morgan fingerprint density at radius 1 is 0.800 bits per heavy atom. The molecule has 2 saturated heterocycles. The van der Waals surface area contributed by atoms with Gasteiger partial charge >= 0.3 is 12.1 Å². The Morgan fingerprint density at radius 2 is 1.45 bits per heavy atom. The van der Waals surface area contributed by atoms with Crippen LogP contribution >= 0.6 is 0 Å². The van der Waals surface area contributed by atoms with Gasteiger partial charge in [0, 0.05) is 68.4 Å². The minimum atomic E-state index is -4.64. The average Bonchev–Trinajstić information content (AvgIpc) is 3.25. The van der Waals surface area contributed by atoms with E-state index in [9.17, 15) is 46.7 Å². The Morgan fingerprint density at radius 3 is 1.99 bits per heavy atom. The minimum Gasteiger partial charge on any atom is -0.496 e. The van der Waals surface area contributed by atoms with Gasteiger partial charge in [-0.1, -0.05) is 52.5 Å². The van der Waals surface area contributed by atoms with Crippen molar-refractivity contribution in [1.82, 2.24) is 39.6 Å². The Bertz CT molecular complexity index is 2550. The van der Waals surface area contributed by atoms with Gasteiger partial charge in [-0.2, -0.15) is 13.2 Å². The molecule has 0 aromatic heterocycles. The number of hydrogen-bond donors (Lipinski definition) is 2. The second kappa shape index (κ2) is 29.6. The second-order valence-corrected chi connectivity index (χ2v) is 25.0. The van der Waals surface area contributed by atoms with Gasteiger partial charge in [-0.3, -0.25) is 38.4 Å². The summed E-state index contributed by atoms with van der Waals surface area (Å²) in [4.78, 5) is 140. The van der Waals surface area contributed by atoms with Gasteiger partial charge in [0.15, 0.2) is 0 Å². The molecule has 21 nitrogen and oxygen atoms in total. The van der Waals surface area contributed by atoms with Crippen LogP contribution in [0.2, 0.25) is 0 Å². The Kier molecular flexibility index (Phi) is 24.3. The van der Waals surface area contributed by atoms with Crippen molar-refractivity contribution in [3.05, 3.63) is 29.3 Å². The van der Waals surface area contributed by atoms with E-state index in [1.165, 1.54) is 88.7 Å². The van der Waals surface area contributed by atoms with E-state index in [1.807, 2.05) is 20.8 Å². The van der Waals surface area contributed by atoms with Crippen LogP contribution in [0.1, 0.15) is 156 Å². The number of carbonyl (C=O) groups is 9. The fraction of sp³-hybridized carbons (Fsp3) is 0.754. The van der Waals surface area contributed by atoms with Crippen LogP contribution in [0.3, 0.4) is 0 Å². The predicted molar refractivity (Wildman–Crippen MR) is 311 cm³/mol. The SMILES string of the molecule is CCC[C@@H](C(=O)N[C@H](C(=O)N1CCC[C@H]1C(=O)OC(C)(C)C)[C@@H](C)CC)N(C)C(=O)C[C@@H](C(=O)N(C)C)N(C)C(=O)[C@H](C1CCCC1)N(C)C(=O)C1(N(C)C(=O)[C@@H]2C[C@@H](OCC)CN2C(=O)[C@@H](N)CCc2ccc(C(F)(F)F)c(OC)c2)CCC1. The third-order valence-corrected chi connectivity index (χ3v) is 17.9. The van der Waals surface area contributed by atoms with Crippen molar-refractivity contribution in [2.24, 2.45) is 17.6 Å². The summed E-state index contributed by atoms with van der Waals surface area (Å²) >= 11 is 0. The van der Waals surface area contributed by atoms with E-state index < -0.39 is 131 Å². The van der Waals surface area contributed by atoms with Crippen molar-refractivity contribution in [3.8, 4) is 5.75 Å². The van der Waals surface area contributed by atoms with E-state index in [4.69, 9.17) is 19.9 Å². The lowest BCUT2D eigenvalue weighted by molar-refractivity contribution is -0.166. The molecule has 24 heteroatoms. The highest BCUT2D eigenvalue weighted by molar-refractivity contribution is 6.00. The summed E-state index contributed by atoms with van der Waals surface area (Å²) in [6.07, 6.45) is 0.453. The van der Waals surface area contributed by atoms with Crippen molar-refractivity contribution >= 4 is 53.2 Å². The summed E-state index contributed by atoms with van der Waals surface area (Å²) in [6.45, 7) is 13.2. The summed E-state index contributed by atoms with van der Waals surface area (Å²) in [5.41, 5.74) is 3.81. The molecule has 4 fully saturated rings. The largest absolute Gasteiger partial charge is 0.496 e. The molecule has 1 aromatic carbocycles. The third kappa shape index (κ3) is 16.3. The number of esters is 1. The van der Waals surface area contributed by atoms with Gasteiger partial charge in [-0.25, -0.2) is 4.79 Å². The zero-order valence-electron chi connectivity index (χ0n) is 52.7. The number of benzene rings is 1. The smallest absolute Gasteiger partial charge is 0.419 e. The molecule has 478 valence electrons. The lowest BCUT2D eigenvalue weighted by Gasteiger charge is -2.51. The lowest BCUT2D eigenvalue weighted by atomic mass is 9.73. The summed E-state index contributed by atoms with van der Waals surface area (Å²) in [6, 6.07) is -4.24. The van der Waals surface area contributed by atoms with Gasteiger partial charge in [0.1, 0.15) is 53.1 Å². The second-order valence-electron chi connectivity index (χ2n) is 25.0. The van der Waals surface area contributed by atoms with Crippen LogP contribution in [0.5, 0.6) is 5.75 Å². The van der Waals surface area contributed by atoms with Crippen LogP contribution in [0.15, 0.2) is 18.2 Å². The molecule has 3 N–H and O–H groups in total. The number of amides is 8. The molecule has 2 aliphatic carbocycles. The summed E-state index contributed by atoms with van der Waals surface area (Å²) in [5.74, 6) is -6.05. The molecule has 8 amide bonds. The Labute approximate surface area is 500 Å². The number of aryl methyl sites for hydroxylation is 1. The number of carbonyl (C=O) groups excluding carboxylic acids is 9. The number of nitrogens with zero attached hydrogens (tertiary/aromatic N) is 7. The molecule has 0 bridgehead atoms. The van der Waals surface area contributed by atoms with E-state index in [0.717, 1.165) is 26.0 Å². The van der Waals surface area contributed by atoms with Crippen molar-refractivity contribution in [2.75, 3.05) is 69.1 Å². The molecule has 1 aromatic rings. The Hall–Kier alpha value is -6.04. The molecule has 2 saturated carbocycles. The van der Waals surface area contributed by atoms with E-state index >= 15 is 9.59 Å². The topological polar surface area (TPSA) is 242 Å². The van der Waals surface area contributed by atoms with E-state index in [1.54, 1.807) is 27.7 Å². The minimum absolute atomic E-state index is 0.0272. The average molecular weight is 1200 g/mol. The highest BCUT2D eigenvalue weighted by Crippen LogP contribution is 2.42. The molecule has 9 atom stereocenters. The maximum Gasteiger partial charge on any atom is 0.419 e. The summed E-state index contributed by atoms with van der Waals surface area (Å²) < 4.78 is 57.3. The number of hydrogen-bond acceptors (Lipinski definition) is 13. The number of ether oxygens (including phenoxy) is 3. The van der Waals surface area contributed by atoms with Crippen molar-refractivity contribution in [2.45, 2.75) is 217 Å². The van der Waals surface area contributed by atoms with Gasteiger partial charge in [0.2, 0.25) is 47.3 Å². The molecule has 0 radical (unpaired) electrons. The van der Waals surface area contributed by atoms with Crippen molar-refractivity contribution in [1.29, 1.82) is 0 Å². The maximum atomic E-state index is 15.3. The summed E-state index contributed by atoms with van der Waals surface area (Å²) in [7, 11) is 10.0. The first-order valence-corrected chi connectivity index (χ1v) is 30.3. The first-order valence-electron chi connectivity index (χ1n) is 30.3. The molecule has 4 aliphatic rings. The van der Waals surface area contributed by atoms with Crippen LogP contribution < -0.4 is 15.8 Å². The molecular formula is C61H96F3N9O12. The van der Waals surface area contributed by atoms with Gasteiger partial charge < -0.3 is 59.6 Å². The Balaban J connectivity index is 1.36. The number of likely N-dealkylation sites (N-methyl/N-ethyl adjacent to an activating group) is 5. The first kappa shape index (κ1) is 69.7. The highest BCUT2D eigenvalue weighted by atomic mass is 19.4. The van der Waals surface area contributed by atoms with Gasteiger partial charge in [0.25, 0.3) is 0 Å². The van der Waals surface area contributed by atoms with Crippen LogP contribution in [0.4, 0.5) is 13.2 Å². The van der Waals surface area contributed by atoms with E-state index in [2.05, 4.69) is 5.32 Å². The van der Waals surface area contributed by atoms with Crippen LogP contribution in [0, 0.1) is 11.8 Å². The number of likely N-dealkylation sites (tertiary alicyclic amines) is 2. The number of alkyl halides is 3. The number of nitrogens with one attached hydrogen (secondary N) is 1. The fourth-order valence-corrected chi connectivity index (χ4v) is 12.5. The third-order valence-electron chi connectivity index (χ3n) is 17.9. The number of halogens is 3. The molecule has 0 unspecified atom stereocenters. The normalized spacial score (nSPS) is 20.9. The number of nitrogens with two attached hydrogens (primary N) is 1. The molecular weight excluding hydrogens is 1110 g/mol. The van der Waals surface area contributed by atoms with Crippen molar-refractivity contribution in [3.63, 3.8) is 0 Å². The predicted octanol–water partition coefficient (Wildman–Crippen LogP) is 5.17. The standard InChI is InChI=1S/C61H96F3N9O12/c1-15-22-43(51(75)66-49(37(4)16-2)55(79)72-32-20-25-44(72)57(81)85-59(5,6)7)68(10)48(74)35-45(53(77)67(8)9)69(11)56(80)50(39-23-18-19-24-39)70(12)58(82)60(30-21-31-60)71(13)54(78)46-34-40(84-17-3)36-73(46)52(76)42(65)29-27-38-26-28-41(61(62,63)64)47(33-38)83-14/h26,28,33,37,39-40,42-46,49-50H,15-25,27,29-32,34-36,65H2,1-14H3,(H,66,75)/t37-,40+,42-,43-,44-,45-,46-,49-,50-/m0/s1.